The number of nitrogens with zero attached hydrogens (tertiary/aromatic N) is 2. The summed E-state index contributed by atoms with van der Waals surface area (Å²) in [7, 11) is 0. The second-order valence-corrected chi connectivity index (χ2v) is 25.4. The third kappa shape index (κ3) is 7.24. The van der Waals surface area contributed by atoms with Gasteiger partial charge < -0.3 is 9.47 Å². The second kappa shape index (κ2) is 17.1. The zero-order valence-electron chi connectivity index (χ0n) is 53.0. The van der Waals surface area contributed by atoms with Crippen molar-refractivity contribution in [2.75, 3.05) is 4.90 Å². The van der Waals surface area contributed by atoms with Crippen LogP contribution in [0.5, 0.6) is 0 Å². The van der Waals surface area contributed by atoms with Gasteiger partial charge in [0, 0.05) is 43.2 Å². The number of aromatic nitrogens is 1. The molecule has 0 amide bonds. The summed E-state index contributed by atoms with van der Waals surface area (Å²) in [6, 6.07) is 59.3. The fourth-order valence-corrected chi connectivity index (χ4v) is 14.0. The normalized spacial score (nSPS) is 15.8. The van der Waals surface area contributed by atoms with Gasteiger partial charge in [-0.2, -0.15) is 0 Å². The van der Waals surface area contributed by atoms with E-state index in [1.54, 1.807) is 16.3 Å². The topological polar surface area (TPSA) is 8.17 Å². The Morgan fingerprint density at radius 2 is 1.01 bits per heavy atom. The molecule has 77 heavy (non-hydrogen) atoms. The summed E-state index contributed by atoms with van der Waals surface area (Å²) in [4.78, 5) is 4.77. The van der Waals surface area contributed by atoms with E-state index >= 15 is 0 Å². The molecule has 3 aliphatic rings. The van der Waals surface area contributed by atoms with Gasteiger partial charge in [0.2, 0.25) is 6.71 Å². The molecule has 10 aromatic carbocycles. The Kier molecular flexibility index (Phi) is 8.79. The summed E-state index contributed by atoms with van der Waals surface area (Å²) in [6.45, 7) is 20.1. The lowest BCUT2D eigenvalue weighted by Crippen LogP contribution is -2.65. The third-order valence-electron chi connectivity index (χ3n) is 16.6. The largest absolute Gasteiger partial charge is 0.311 e. The Balaban J connectivity index is 1.18. The maximum Gasteiger partial charge on any atom is 0.247 e. The molecule has 2 nitrogen and oxygen atoms in total. The quantitative estimate of drug-likeness (QED) is 0.162. The summed E-state index contributed by atoms with van der Waals surface area (Å²) in [5.41, 5.74) is 18.0. The maximum absolute atomic E-state index is 9.61. The smallest absolute Gasteiger partial charge is 0.247 e. The van der Waals surface area contributed by atoms with Crippen molar-refractivity contribution in [1.82, 2.24) is 4.57 Å². The number of hydrogen-bond donors (Lipinski definition) is 0. The predicted molar refractivity (Wildman–Crippen MR) is 330 cm³/mol. The molecule has 0 N–H and O–H groups in total. The molecule has 0 unspecified atom stereocenters. The lowest BCUT2D eigenvalue weighted by Gasteiger charge is -2.51. The van der Waals surface area contributed by atoms with E-state index in [9.17, 15) is 5.48 Å². The summed E-state index contributed by atoms with van der Waals surface area (Å²) in [5.74, 6) is 0. The van der Waals surface area contributed by atoms with Crippen LogP contribution >= 0.6 is 11.8 Å². The Labute approximate surface area is 470 Å². The van der Waals surface area contributed by atoms with Crippen LogP contribution in [0.2, 0.25) is 0 Å². The highest BCUT2D eigenvalue weighted by atomic mass is 32.2. The van der Waals surface area contributed by atoms with Crippen LogP contribution in [-0.4, -0.2) is 11.3 Å². The van der Waals surface area contributed by atoms with Crippen LogP contribution in [-0.2, 0) is 21.7 Å². The molecule has 0 atom stereocenters. The van der Waals surface area contributed by atoms with Crippen LogP contribution in [0, 0.1) is 0 Å². The molecule has 0 saturated heterocycles. The monoisotopic (exact) mass is 1020 g/mol. The van der Waals surface area contributed by atoms with E-state index in [0.717, 1.165) is 87.8 Å². The van der Waals surface area contributed by atoms with Crippen molar-refractivity contribution in [1.29, 1.82) is 0 Å². The van der Waals surface area contributed by atoms with E-state index in [4.69, 9.17) is 5.48 Å². The van der Waals surface area contributed by atoms with Gasteiger partial charge in [-0.25, -0.2) is 0 Å². The predicted octanol–water partition coefficient (Wildman–Crippen LogP) is 17.5. The second-order valence-electron chi connectivity index (χ2n) is 24.3. The highest BCUT2D eigenvalue weighted by molar-refractivity contribution is 7.99. The number of para-hydroxylation sites is 2. The van der Waals surface area contributed by atoms with Crippen molar-refractivity contribution in [2.24, 2.45) is 0 Å². The molecule has 0 radical (unpaired) electrons. The average Bonchev–Trinajstić information content (AvgIpc) is 0.778. The van der Waals surface area contributed by atoms with Crippen LogP contribution in [0.4, 0.5) is 17.1 Å². The van der Waals surface area contributed by atoms with Gasteiger partial charge in [0.05, 0.1) is 33.1 Å². The van der Waals surface area contributed by atoms with Gasteiger partial charge in [0.15, 0.2) is 0 Å². The van der Waals surface area contributed by atoms with E-state index < -0.39 is 29.6 Å². The minimum absolute atomic E-state index is 0.0468. The number of anilines is 3. The molecular formula is C73H63BN2S. The summed E-state index contributed by atoms with van der Waals surface area (Å²) >= 11 is 1.76. The molecule has 11 aromatic rings. The first-order valence-electron chi connectivity index (χ1n) is 30.9. The van der Waals surface area contributed by atoms with E-state index in [0.29, 0.717) is 5.69 Å². The van der Waals surface area contributed by atoms with Gasteiger partial charge >= 0.3 is 0 Å². The molecule has 0 fully saturated rings. The SMILES string of the molecule is [2H]c1c([2H])c([2H])c2c(c1[2H])c1c([2H])c([2H])c([2H])c([2H])c1n2-c1ccc2c(c1)C1(c3ccccc3Sc3ccccc31)c1cc(C(C)(C)C)cc3c1B2c1ccc(-c2cccc(C(C)(C)C)c2)cc1N3c1ccc(C(C)(C)C)cc1-c1ccccc1. The van der Waals surface area contributed by atoms with Crippen LogP contribution in [0.15, 0.2) is 228 Å². The Bertz CT molecular complexity index is 4580. The Morgan fingerprint density at radius 3 is 1.68 bits per heavy atom. The lowest BCUT2D eigenvalue weighted by atomic mass is 9.29. The minimum Gasteiger partial charge on any atom is -0.311 e. The summed E-state index contributed by atoms with van der Waals surface area (Å²) in [5, 5.41) is 0.0936. The maximum atomic E-state index is 9.61. The fraction of sp³-hybridized carbons (Fsp3) is 0.178. The molecule has 0 saturated carbocycles. The van der Waals surface area contributed by atoms with Crippen molar-refractivity contribution in [2.45, 2.75) is 93.8 Å². The molecule has 0 bridgehead atoms. The number of benzene rings is 10. The first-order chi connectivity index (χ1) is 40.4. The number of hydrogen-bond acceptors (Lipinski definition) is 2. The average molecular weight is 1020 g/mol. The molecule has 4 heteroatoms. The molecule has 14 rings (SSSR count). The van der Waals surface area contributed by atoms with Crippen molar-refractivity contribution in [3.05, 3.63) is 257 Å². The fourth-order valence-electron chi connectivity index (χ4n) is 12.8. The van der Waals surface area contributed by atoms with E-state index in [2.05, 4.69) is 231 Å². The number of rotatable bonds is 4. The van der Waals surface area contributed by atoms with Gasteiger partial charge in [-0.15, -0.1) is 0 Å². The van der Waals surface area contributed by atoms with Crippen molar-refractivity contribution >= 4 is 73.7 Å². The van der Waals surface area contributed by atoms with Crippen molar-refractivity contribution in [3.63, 3.8) is 0 Å². The van der Waals surface area contributed by atoms with Gasteiger partial charge in [-0.1, -0.05) is 237 Å². The zero-order chi connectivity index (χ0) is 59.7. The van der Waals surface area contributed by atoms with Crippen LogP contribution in [0.3, 0.4) is 0 Å². The van der Waals surface area contributed by atoms with Crippen molar-refractivity contribution in [3.8, 4) is 27.9 Å². The molecule has 0 aliphatic carbocycles. The van der Waals surface area contributed by atoms with Gasteiger partial charge in [-0.3, -0.25) is 0 Å². The Morgan fingerprint density at radius 1 is 0.429 bits per heavy atom. The van der Waals surface area contributed by atoms with Crippen LogP contribution in [0.1, 0.15) is 112 Å². The first kappa shape index (κ1) is 39.6. The summed E-state index contributed by atoms with van der Waals surface area (Å²) < 4.78 is 75.5. The Hall–Kier alpha value is -7.79. The van der Waals surface area contributed by atoms with Gasteiger partial charge in [-0.05, 0) is 143 Å². The van der Waals surface area contributed by atoms with Gasteiger partial charge in [0.1, 0.15) is 0 Å². The van der Waals surface area contributed by atoms with Crippen LogP contribution < -0.4 is 21.3 Å². The van der Waals surface area contributed by atoms with E-state index in [-0.39, 0.29) is 68.9 Å². The van der Waals surface area contributed by atoms with E-state index in [1.165, 1.54) is 16.6 Å². The summed E-state index contributed by atoms with van der Waals surface area (Å²) in [6.07, 6.45) is 0. The molecule has 1 spiro atoms. The van der Waals surface area contributed by atoms with Gasteiger partial charge in [0.25, 0.3) is 0 Å². The zero-order valence-corrected chi connectivity index (χ0v) is 45.9. The standard InChI is InChI=1S/C73H63BN2S/c1-70(2,3)49-25-21-24-47(40-49)48-34-37-61-65(41-48)76(64-39-35-50(71(4,5)6)42-55(64)46-22-11-10-12-23-46)66-44-51(72(7,8)9)43-59-69(66)74(61)60-38-36-52(75-62-30-17-13-26-53(62)54-27-14-18-31-63(54)75)45-58(60)73(59)56-28-15-19-32-67(56)77-68-33-20-16-29-57(68)73/h10-45H,1-9H3/i13D,14D,17D,18D,26D,27D,30D,31D. The minimum atomic E-state index is -1.02. The number of fused-ring (bicyclic) bond motifs is 13. The van der Waals surface area contributed by atoms with E-state index in [1.807, 2.05) is 6.07 Å². The first-order valence-corrected chi connectivity index (χ1v) is 27.7. The highest BCUT2D eigenvalue weighted by Gasteiger charge is 2.55. The molecule has 1 aromatic heterocycles. The lowest BCUT2D eigenvalue weighted by molar-refractivity contribution is 0.586. The molecule has 3 aliphatic heterocycles. The molecule has 374 valence electrons. The highest BCUT2D eigenvalue weighted by Crippen LogP contribution is 2.58. The van der Waals surface area contributed by atoms with Crippen molar-refractivity contribution < 1.29 is 11.0 Å². The molecule has 4 heterocycles. The molecular weight excluding hydrogens is 948 g/mol. The third-order valence-corrected chi connectivity index (χ3v) is 17.8. The van der Waals surface area contributed by atoms with Crippen LogP contribution in [0.25, 0.3) is 49.7 Å².